The molecule has 0 saturated carbocycles. The summed E-state index contributed by atoms with van der Waals surface area (Å²) in [5.41, 5.74) is 10.6. The van der Waals surface area contributed by atoms with Crippen LogP contribution in [0.25, 0.3) is 11.0 Å². The molecule has 0 radical (unpaired) electrons. The van der Waals surface area contributed by atoms with Crippen LogP contribution in [-0.4, -0.2) is 14.5 Å². The van der Waals surface area contributed by atoms with E-state index in [0.29, 0.717) is 5.82 Å². The third kappa shape index (κ3) is 1.43. The van der Waals surface area contributed by atoms with Crippen LogP contribution in [0, 0.1) is 6.92 Å². The normalized spacial score (nSPS) is 14.5. The van der Waals surface area contributed by atoms with E-state index in [4.69, 9.17) is 10.7 Å². The molecule has 0 aliphatic carbocycles. The summed E-state index contributed by atoms with van der Waals surface area (Å²) in [6, 6.07) is 0. The van der Waals surface area contributed by atoms with Gasteiger partial charge < -0.3 is 10.3 Å². The number of aromatic nitrogens is 3. The van der Waals surface area contributed by atoms with Gasteiger partial charge in [-0.1, -0.05) is 6.92 Å². The molecule has 17 heavy (non-hydrogen) atoms. The van der Waals surface area contributed by atoms with Crippen LogP contribution in [0.3, 0.4) is 0 Å². The minimum absolute atomic E-state index is 0.583. The van der Waals surface area contributed by atoms with Gasteiger partial charge in [0.1, 0.15) is 11.3 Å². The minimum Gasteiger partial charge on any atom is -0.382 e. The second-order valence-electron chi connectivity index (χ2n) is 4.79. The van der Waals surface area contributed by atoms with Gasteiger partial charge in [0.2, 0.25) is 0 Å². The molecule has 2 N–H and O–H groups in total. The zero-order valence-electron chi connectivity index (χ0n) is 10.5. The summed E-state index contributed by atoms with van der Waals surface area (Å²) >= 11 is 0. The molecule has 0 fully saturated rings. The highest BCUT2D eigenvalue weighted by atomic mass is 15.1. The molecule has 0 saturated heterocycles. The molecule has 0 bridgehead atoms. The van der Waals surface area contributed by atoms with Gasteiger partial charge in [-0.25, -0.2) is 9.97 Å². The van der Waals surface area contributed by atoms with E-state index in [1.807, 2.05) is 6.92 Å². The average molecular weight is 230 g/mol. The van der Waals surface area contributed by atoms with Gasteiger partial charge in [-0.15, -0.1) is 0 Å². The fraction of sp³-hybridized carbons (Fsp3) is 0.538. The zero-order chi connectivity index (χ0) is 12.0. The van der Waals surface area contributed by atoms with Gasteiger partial charge in [0.15, 0.2) is 5.82 Å². The Morgan fingerprint density at radius 1 is 1.35 bits per heavy atom. The lowest BCUT2D eigenvalue weighted by molar-refractivity contribution is 0.596. The van der Waals surface area contributed by atoms with Crippen molar-refractivity contribution in [2.75, 3.05) is 5.73 Å². The number of hydrogen-bond acceptors (Lipinski definition) is 3. The smallest absolute Gasteiger partial charge is 0.151 e. The van der Waals surface area contributed by atoms with Crippen molar-refractivity contribution in [2.24, 2.45) is 0 Å². The molecule has 4 nitrogen and oxygen atoms in total. The molecule has 0 unspecified atom stereocenters. The number of pyridine rings is 1. The lowest BCUT2D eigenvalue weighted by atomic mass is 10.0. The van der Waals surface area contributed by atoms with Crippen molar-refractivity contribution in [3.8, 4) is 0 Å². The molecule has 3 heterocycles. The number of nitrogens with zero attached hydrogens (tertiary/aromatic N) is 3. The van der Waals surface area contributed by atoms with Gasteiger partial charge in [-0.3, -0.25) is 0 Å². The highest BCUT2D eigenvalue weighted by molar-refractivity contribution is 5.89. The van der Waals surface area contributed by atoms with Crippen molar-refractivity contribution in [2.45, 2.75) is 46.1 Å². The summed E-state index contributed by atoms with van der Waals surface area (Å²) in [5, 5.41) is 0. The average Bonchev–Trinajstić information content (AvgIpc) is 2.68. The van der Waals surface area contributed by atoms with Crippen LogP contribution in [0.4, 0.5) is 5.82 Å². The Morgan fingerprint density at radius 3 is 2.94 bits per heavy atom. The highest BCUT2D eigenvalue weighted by Crippen LogP contribution is 2.31. The molecule has 1 aliphatic heterocycles. The van der Waals surface area contributed by atoms with E-state index in [1.54, 1.807) is 0 Å². The molecule has 0 amide bonds. The molecule has 1 aliphatic rings. The SMILES string of the molecule is CCCc1nc2c(N)nc(C)c3c2n1CCC3. The largest absolute Gasteiger partial charge is 0.382 e. The number of anilines is 1. The summed E-state index contributed by atoms with van der Waals surface area (Å²) in [5.74, 6) is 1.75. The van der Waals surface area contributed by atoms with Crippen molar-refractivity contribution in [1.29, 1.82) is 0 Å². The third-order valence-corrected chi connectivity index (χ3v) is 3.58. The van der Waals surface area contributed by atoms with Gasteiger partial charge >= 0.3 is 0 Å². The first-order chi connectivity index (χ1) is 8.22. The predicted octanol–water partition coefficient (Wildman–Crippen LogP) is 2.22. The van der Waals surface area contributed by atoms with E-state index in [9.17, 15) is 0 Å². The van der Waals surface area contributed by atoms with E-state index in [1.165, 1.54) is 23.3 Å². The van der Waals surface area contributed by atoms with E-state index in [2.05, 4.69) is 16.5 Å². The maximum atomic E-state index is 6.00. The molecular weight excluding hydrogens is 212 g/mol. The Hall–Kier alpha value is -1.58. The Morgan fingerprint density at radius 2 is 2.18 bits per heavy atom. The van der Waals surface area contributed by atoms with Crippen LogP contribution >= 0.6 is 0 Å². The van der Waals surface area contributed by atoms with Gasteiger partial charge in [0.25, 0.3) is 0 Å². The van der Waals surface area contributed by atoms with Crippen LogP contribution in [0.5, 0.6) is 0 Å². The topological polar surface area (TPSA) is 56.7 Å². The van der Waals surface area contributed by atoms with E-state index < -0.39 is 0 Å². The summed E-state index contributed by atoms with van der Waals surface area (Å²) < 4.78 is 2.35. The van der Waals surface area contributed by atoms with Crippen LogP contribution in [0.15, 0.2) is 0 Å². The van der Waals surface area contributed by atoms with Gasteiger partial charge in [-0.2, -0.15) is 0 Å². The summed E-state index contributed by atoms with van der Waals surface area (Å²) in [6.45, 7) is 5.30. The van der Waals surface area contributed by atoms with Crippen molar-refractivity contribution in [1.82, 2.24) is 14.5 Å². The van der Waals surface area contributed by atoms with E-state index in [-0.39, 0.29) is 0 Å². The second-order valence-corrected chi connectivity index (χ2v) is 4.79. The van der Waals surface area contributed by atoms with E-state index >= 15 is 0 Å². The highest BCUT2D eigenvalue weighted by Gasteiger charge is 2.21. The van der Waals surface area contributed by atoms with Crippen LogP contribution in [-0.2, 0) is 19.4 Å². The Bertz CT molecular complexity index is 583. The summed E-state index contributed by atoms with van der Waals surface area (Å²) in [4.78, 5) is 9.11. The Balaban J connectivity index is 2.37. The third-order valence-electron chi connectivity index (χ3n) is 3.58. The lowest BCUT2D eigenvalue weighted by Crippen LogP contribution is -2.12. The van der Waals surface area contributed by atoms with Crippen LogP contribution in [0.2, 0.25) is 0 Å². The Labute approximate surface area is 101 Å². The molecule has 0 spiro atoms. The standard InChI is InChI=1S/C13H18N4/c1-3-5-10-16-11-12-9(6-4-7-17(10)12)8(2)15-13(11)14/h3-7H2,1-2H3,(H2,14,15). The molecule has 3 rings (SSSR count). The first-order valence-electron chi connectivity index (χ1n) is 6.36. The summed E-state index contributed by atoms with van der Waals surface area (Å²) in [7, 11) is 0. The van der Waals surface area contributed by atoms with Gasteiger partial charge in [0.05, 0.1) is 5.52 Å². The van der Waals surface area contributed by atoms with Crippen LogP contribution in [0.1, 0.15) is 36.8 Å². The molecule has 2 aromatic rings. The fourth-order valence-corrected chi connectivity index (χ4v) is 2.82. The maximum Gasteiger partial charge on any atom is 0.151 e. The quantitative estimate of drug-likeness (QED) is 0.860. The van der Waals surface area contributed by atoms with Gasteiger partial charge in [-0.05, 0) is 31.7 Å². The van der Waals surface area contributed by atoms with Crippen molar-refractivity contribution in [3.63, 3.8) is 0 Å². The number of nitrogen functional groups attached to an aromatic ring is 1. The maximum absolute atomic E-state index is 6.00. The molecule has 4 heteroatoms. The first kappa shape index (κ1) is 10.6. The number of hydrogen-bond donors (Lipinski definition) is 1. The zero-order valence-corrected chi connectivity index (χ0v) is 10.5. The molecular formula is C13H18N4. The number of aryl methyl sites for hydroxylation is 4. The minimum atomic E-state index is 0.583. The number of imidazole rings is 1. The molecule has 90 valence electrons. The number of nitrogens with two attached hydrogens (primary N) is 1. The second kappa shape index (κ2) is 3.72. The molecule has 0 atom stereocenters. The lowest BCUT2D eigenvalue weighted by Gasteiger charge is -2.18. The van der Waals surface area contributed by atoms with Gasteiger partial charge in [0, 0.05) is 18.7 Å². The van der Waals surface area contributed by atoms with Crippen molar-refractivity contribution in [3.05, 3.63) is 17.1 Å². The molecule has 0 aromatic carbocycles. The number of rotatable bonds is 2. The van der Waals surface area contributed by atoms with Crippen molar-refractivity contribution >= 4 is 16.9 Å². The summed E-state index contributed by atoms with van der Waals surface area (Å²) in [6.07, 6.45) is 4.42. The van der Waals surface area contributed by atoms with E-state index in [0.717, 1.165) is 37.0 Å². The fourth-order valence-electron chi connectivity index (χ4n) is 2.82. The molecule has 2 aromatic heterocycles. The van der Waals surface area contributed by atoms with Crippen molar-refractivity contribution < 1.29 is 0 Å². The monoisotopic (exact) mass is 230 g/mol. The first-order valence-corrected chi connectivity index (χ1v) is 6.36. The Kier molecular flexibility index (Phi) is 2.31. The van der Waals surface area contributed by atoms with Crippen LogP contribution < -0.4 is 5.73 Å². The predicted molar refractivity (Wildman–Crippen MR) is 69.0 cm³/mol.